The molecule has 1 aromatic carbocycles. The van der Waals surface area contributed by atoms with Crippen LogP contribution in [0.25, 0.3) is 0 Å². The number of alkyl halides is 3. The van der Waals surface area contributed by atoms with Gasteiger partial charge < -0.3 is 9.73 Å². The van der Waals surface area contributed by atoms with Gasteiger partial charge in [0, 0.05) is 18.5 Å². The summed E-state index contributed by atoms with van der Waals surface area (Å²) < 4.78 is 67.3. The number of amides is 1. The third-order valence-corrected chi connectivity index (χ3v) is 5.45. The van der Waals surface area contributed by atoms with E-state index in [1.165, 1.54) is 32.0 Å². The van der Waals surface area contributed by atoms with Crippen LogP contribution in [0.3, 0.4) is 0 Å². The second-order valence-electron chi connectivity index (χ2n) is 5.25. The molecular formula is C15H14ClF3N2O4S. The van der Waals surface area contributed by atoms with Gasteiger partial charge in [0.2, 0.25) is 5.76 Å². The molecule has 1 amide bonds. The van der Waals surface area contributed by atoms with E-state index in [2.05, 4.69) is 14.7 Å². The Bertz CT molecular complexity index is 939. The van der Waals surface area contributed by atoms with Crippen molar-refractivity contribution in [2.24, 2.45) is 0 Å². The molecule has 11 heteroatoms. The van der Waals surface area contributed by atoms with E-state index in [0.717, 1.165) is 0 Å². The quantitative estimate of drug-likeness (QED) is 0.816. The largest absolute Gasteiger partial charge is 0.452 e. The number of nitrogens with one attached hydrogen (secondary N) is 1. The lowest BCUT2D eigenvalue weighted by Gasteiger charge is -2.11. The van der Waals surface area contributed by atoms with Crippen molar-refractivity contribution in [2.45, 2.75) is 31.5 Å². The van der Waals surface area contributed by atoms with Crippen molar-refractivity contribution in [3.05, 3.63) is 46.1 Å². The van der Waals surface area contributed by atoms with E-state index in [1.807, 2.05) is 0 Å². The molecule has 1 N–H and O–H groups in total. The van der Waals surface area contributed by atoms with E-state index in [9.17, 15) is 26.4 Å². The number of oxazole rings is 1. The van der Waals surface area contributed by atoms with Crippen molar-refractivity contribution in [1.82, 2.24) is 10.3 Å². The molecule has 6 nitrogen and oxygen atoms in total. The summed E-state index contributed by atoms with van der Waals surface area (Å²) in [6, 6.07) is 3.98. The topological polar surface area (TPSA) is 89.3 Å². The maximum Gasteiger partial charge on any atom is 0.452 e. The van der Waals surface area contributed by atoms with Crippen LogP contribution in [0, 0.1) is 6.92 Å². The number of halogens is 4. The first kappa shape index (κ1) is 20.2. The Balaban J connectivity index is 2.31. The summed E-state index contributed by atoms with van der Waals surface area (Å²) in [5.74, 6) is -3.16. The van der Waals surface area contributed by atoms with Gasteiger partial charge in [0.1, 0.15) is 0 Å². The molecule has 0 aliphatic heterocycles. The average Bonchev–Trinajstić information content (AvgIpc) is 2.94. The molecule has 0 fully saturated rings. The fourth-order valence-electron chi connectivity index (χ4n) is 2.18. The van der Waals surface area contributed by atoms with Crippen LogP contribution in [-0.4, -0.2) is 25.1 Å². The molecule has 0 radical (unpaired) electrons. The monoisotopic (exact) mass is 410 g/mol. The van der Waals surface area contributed by atoms with E-state index in [4.69, 9.17) is 11.6 Å². The van der Waals surface area contributed by atoms with Gasteiger partial charge in [-0.05, 0) is 23.8 Å². The predicted octanol–water partition coefficient (Wildman–Crippen LogP) is 3.38. The standard InChI is InChI=1S/C15H14ClF3N2O4S/c1-3-26(23,24)11-5-4-10(16)6-9(11)7-20-14(22)12-13(15(17,18)19)25-8(2)21-12/h4-6H,3,7H2,1-2H3,(H,20,22). The Hall–Kier alpha value is -2.07. The number of nitrogens with zero attached hydrogens (tertiary/aromatic N) is 1. The van der Waals surface area contributed by atoms with E-state index in [1.54, 1.807) is 0 Å². The van der Waals surface area contributed by atoms with Gasteiger partial charge in [0.25, 0.3) is 5.91 Å². The number of benzene rings is 1. The van der Waals surface area contributed by atoms with Gasteiger partial charge in [-0.25, -0.2) is 13.4 Å². The van der Waals surface area contributed by atoms with E-state index < -0.39 is 33.4 Å². The van der Waals surface area contributed by atoms with Crippen molar-refractivity contribution < 1.29 is 30.8 Å². The summed E-state index contributed by atoms with van der Waals surface area (Å²) in [6.45, 7) is 2.27. The van der Waals surface area contributed by atoms with Crippen LogP contribution < -0.4 is 5.32 Å². The van der Waals surface area contributed by atoms with Crippen LogP contribution in [0.1, 0.15) is 34.6 Å². The van der Waals surface area contributed by atoms with E-state index in [0.29, 0.717) is 0 Å². The first-order chi connectivity index (χ1) is 12.0. The molecule has 0 unspecified atom stereocenters. The number of sulfone groups is 1. The Morgan fingerprint density at radius 1 is 1.35 bits per heavy atom. The number of carbonyl (C=O) groups is 1. The maximum atomic E-state index is 12.9. The fourth-order valence-corrected chi connectivity index (χ4v) is 3.49. The first-order valence-electron chi connectivity index (χ1n) is 7.29. The van der Waals surface area contributed by atoms with Gasteiger partial charge in [-0.2, -0.15) is 13.2 Å². The molecule has 1 aromatic heterocycles. The van der Waals surface area contributed by atoms with Crippen LogP contribution in [0.5, 0.6) is 0 Å². The predicted molar refractivity (Wildman–Crippen MR) is 86.6 cm³/mol. The molecule has 26 heavy (non-hydrogen) atoms. The third kappa shape index (κ3) is 4.36. The van der Waals surface area contributed by atoms with Gasteiger partial charge >= 0.3 is 6.18 Å². The number of rotatable bonds is 5. The van der Waals surface area contributed by atoms with Crippen LogP contribution in [0.15, 0.2) is 27.5 Å². The van der Waals surface area contributed by atoms with Gasteiger partial charge in [-0.15, -0.1) is 0 Å². The second kappa shape index (κ2) is 7.28. The van der Waals surface area contributed by atoms with Crippen LogP contribution in [0.4, 0.5) is 13.2 Å². The number of hydrogen-bond acceptors (Lipinski definition) is 5. The Kier molecular flexibility index (Phi) is 5.67. The molecule has 0 saturated heterocycles. The van der Waals surface area contributed by atoms with E-state index in [-0.39, 0.29) is 33.7 Å². The van der Waals surface area contributed by atoms with Crippen molar-refractivity contribution >= 4 is 27.3 Å². The SMILES string of the molecule is CCS(=O)(=O)c1ccc(Cl)cc1CNC(=O)c1nc(C)oc1C(F)(F)F. The zero-order chi connectivity index (χ0) is 19.7. The number of hydrogen-bond donors (Lipinski definition) is 1. The van der Waals surface area contributed by atoms with Gasteiger partial charge in [-0.3, -0.25) is 4.79 Å². The molecule has 2 aromatic rings. The summed E-state index contributed by atoms with van der Waals surface area (Å²) in [6.07, 6.45) is -4.89. The van der Waals surface area contributed by atoms with Gasteiger partial charge in [0.15, 0.2) is 21.4 Å². The average molecular weight is 411 g/mol. The molecule has 2 rings (SSSR count). The highest BCUT2D eigenvalue weighted by Gasteiger charge is 2.41. The Morgan fingerprint density at radius 2 is 2.00 bits per heavy atom. The lowest BCUT2D eigenvalue weighted by atomic mass is 10.2. The van der Waals surface area contributed by atoms with Crippen molar-refractivity contribution in [3.63, 3.8) is 0 Å². The fraction of sp³-hybridized carbons (Fsp3) is 0.333. The molecule has 0 aliphatic carbocycles. The first-order valence-corrected chi connectivity index (χ1v) is 9.32. The van der Waals surface area contributed by atoms with Crippen LogP contribution in [0.2, 0.25) is 5.02 Å². The number of aromatic nitrogens is 1. The highest BCUT2D eigenvalue weighted by molar-refractivity contribution is 7.91. The molecule has 1 heterocycles. The van der Waals surface area contributed by atoms with E-state index >= 15 is 0 Å². The molecule has 0 spiro atoms. The summed E-state index contributed by atoms with van der Waals surface area (Å²) in [5.41, 5.74) is -0.765. The number of carbonyl (C=O) groups excluding carboxylic acids is 1. The zero-order valence-corrected chi connectivity index (χ0v) is 15.2. The van der Waals surface area contributed by atoms with Crippen molar-refractivity contribution in [2.75, 3.05) is 5.75 Å². The third-order valence-electron chi connectivity index (χ3n) is 3.38. The summed E-state index contributed by atoms with van der Waals surface area (Å²) in [4.78, 5) is 15.5. The minimum Gasteiger partial charge on any atom is -0.436 e. The highest BCUT2D eigenvalue weighted by Crippen LogP contribution is 2.32. The van der Waals surface area contributed by atoms with Crippen molar-refractivity contribution in [3.8, 4) is 0 Å². The van der Waals surface area contributed by atoms with Gasteiger partial charge in [0.05, 0.1) is 10.6 Å². The molecule has 0 aliphatic rings. The van der Waals surface area contributed by atoms with Crippen LogP contribution >= 0.6 is 11.6 Å². The van der Waals surface area contributed by atoms with Gasteiger partial charge in [-0.1, -0.05) is 18.5 Å². The summed E-state index contributed by atoms with van der Waals surface area (Å²) in [7, 11) is -3.61. The minimum atomic E-state index is -4.89. The number of aryl methyl sites for hydroxylation is 1. The highest BCUT2D eigenvalue weighted by atomic mass is 35.5. The van der Waals surface area contributed by atoms with Crippen LogP contribution in [-0.2, 0) is 22.6 Å². The Labute approximate surface area is 152 Å². The summed E-state index contributed by atoms with van der Waals surface area (Å²) >= 11 is 5.85. The van der Waals surface area contributed by atoms with Crippen molar-refractivity contribution in [1.29, 1.82) is 0 Å². The lowest BCUT2D eigenvalue weighted by molar-refractivity contribution is -0.153. The molecule has 0 saturated carbocycles. The zero-order valence-electron chi connectivity index (χ0n) is 13.6. The smallest absolute Gasteiger partial charge is 0.436 e. The molecule has 0 atom stereocenters. The minimum absolute atomic E-state index is 0.0583. The second-order valence-corrected chi connectivity index (χ2v) is 7.93. The normalized spacial score (nSPS) is 12.2. The molecule has 142 valence electrons. The molecule has 0 bridgehead atoms. The lowest BCUT2D eigenvalue weighted by Crippen LogP contribution is -2.26. The summed E-state index contributed by atoms with van der Waals surface area (Å²) in [5, 5.41) is 2.44. The molecular weight excluding hydrogens is 397 g/mol. The Morgan fingerprint density at radius 3 is 2.58 bits per heavy atom. The maximum absolute atomic E-state index is 12.9.